The molecular weight excluding hydrogens is 658 g/mol. The summed E-state index contributed by atoms with van der Waals surface area (Å²) in [6.45, 7) is 20.6. The first-order valence-corrected chi connectivity index (χ1v) is 19.2. The summed E-state index contributed by atoms with van der Waals surface area (Å²) >= 11 is 0. The number of carbonyl (C=O) groups is 4. The molecule has 0 saturated heterocycles. The van der Waals surface area contributed by atoms with Gasteiger partial charge in [-0.3, -0.25) is 14.4 Å². The zero-order valence-corrected chi connectivity index (χ0v) is 33.4. The van der Waals surface area contributed by atoms with Crippen LogP contribution in [-0.4, -0.2) is 72.1 Å². The second-order valence-corrected chi connectivity index (χ2v) is 15.7. The molecule has 1 fully saturated rings. The van der Waals surface area contributed by atoms with Gasteiger partial charge in [0.1, 0.15) is 11.5 Å². The van der Waals surface area contributed by atoms with Gasteiger partial charge < -0.3 is 28.9 Å². The van der Waals surface area contributed by atoms with E-state index in [0.29, 0.717) is 47.4 Å². The molecule has 0 aromatic heterocycles. The fourth-order valence-corrected chi connectivity index (χ4v) is 7.39. The molecule has 2 aliphatic heterocycles. The summed E-state index contributed by atoms with van der Waals surface area (Å²) < 4.78 is 16.7. The van der Waals surface area contributed by atoms with Gasteiger partial charge in [0, 0.05) is 30.7 Å². The molecule has 0 unspecified atom stereocenters. The number of hydrogen-bond donors (Lipinski definition) is 0. The minimum Gasteiger partial charge on any atom is -0.476 e. The molecule has 2 aromatic carbocycles. The zero-order chi connectivity index (χ0) is 38.5. The smallest absolute Gasteiger partial charge is 0.338 e. The van der Waals surface area contributed by atoms with Crippen molar-refractivity contribution in [1.29, 1.82) is 0 Å². The monoisotopic (exact) mass is 719 g/mol. The predicted molar refractivity (Wildman–Crippen MR) is 206 cm³/mol. The highest BCUT2D eigenvalue weighted by molar-refractivity contribution is 6.05. The minimum atomic E-state index is -0.903. The normalized spacial score (nSPS) is 17.7. The van der Waals surface area contributed by atoms with E-state index in [2.05, 4.69) is 32.6 Å². The highest BCUT2D eigenvalue weighted by atomic mass is 16.5. The quantitative estimate of drug-likeness (QED) is 0.227. The van der Waals surface area contributed by atoms with Gasteiger partial charge in [0.05, 0.1) is 24.0 Å². The number of benzene rings is 2. The standard InChI is InChI=1S/C25H38N2O3.C17H23NO4/c1-7-8-14-26-21-16-20(18(4)15-22(21)30-25(5,6)24(26)29)23(28)27(17(2)3)19-12-10-9-11-13-19;1-6-7-8-18-13-10-12(15(19)21-5)11(2)9-14(13)22-17(3,4)16(18)20/h15-17,19H,7-14H2,1-6H3;9-10H,6-8H2,1-5H3. The third-order valence-electron chi connectivity index (χ3n) is 10.3. The van der Waals surface area contributed by atoms with E-state index in [1.807, 2.05) is 44.7 Å². The lowest BCUT2D eigenvalue weighted by Crippen LogP contribution is -2.53. The Bertz CT molecular complexity index is 1640. The lowest BCUT2D eigenvalue weighted by atomic mass is 9.92. The van der Waals surface area contributed by atoms with Crippen LogP contribution in [-0.2, 0) is 14.3 Å². The Kier molecular flexibility index (Phi) is 13.1. The van der Waals surface area contributed by atoms with Crippen LogP contribution in [0.3, 0.4) is 0 Å². The van der Waals surface area contributed by atoms with E-state index in [0.717, 1.165) is 55.3 Å². The van der Waals surface area contributed by atoms with Crippen molar-refractivity contribution in [3.63, 3.8) is 0 Å². The molecule has 0 radical (unpaired) electrons. The van der Waals surface area contributed by atoms with Gasteiger partial charge in [-0.15, -0.1) is 0 Å². The maximum absolute atomic E-state index is 13.7. The van der Waals surface area contributed by atoms with Gasteiger partial charge in [-0.25, -0.2) is 4.79 Å². The number of carbonyl (C=O) groups excluding carboxylic acids is 4. The first-order valence-electron chi connectivity index (χ1n) is 19.2. The molecule has 0 N–H and O–H groups in total. The number of aryl methyl sites for hydroxylation is 2. The molecule has 1 saturated carbocycles. The van der Waals surface area contributed by atoms with Crippen LogP contribution in [0.25, 0.3) is 0 Å². The molecular formula is C42H61N3O7. The maximum Gasteiger partial charge on any atom is 0.338 e. The van der Waals surface area contributed by atoms with Gasteiger partial charge in [0.25, 0.3) is 17.7 Å². The van der Waals surface area contributed by atoms with Crippen LogP contribution >= 0.6 is 0 Å². The molecule has 52 heavy (non-hydrogen) atoms. The third kappa shape index (κ3) is 8.58. The Morgan fingerprint density at radius 2 is 1.23 bits per heavy atom. The molecule has 1 aliphatic carbocycles. The molecule has 286 valence electrons. The molecule has 0 spiro atoms. The molecule has 3 amide bonds. The molecule has 0 bridgehead atoms. The molecule has 10 nitrogen and oxygen atoms in total. The van der Waals surface area contributed by atoms with Crippen LogP contribution in [0.15, 0.2) is 24.3 Å². The number of amides is 3. The van der Waals surface area contributed by atoms with Crippen LogP contribution in [0.2, 0.25) is 0 Å². The molecule has 2 aromatic rings. The Hall–Kier alpha value is -4.08. The molecule has 0 atom stereocenters. The average molecular weight is 720 g/mol. The summed E-state index contributed by atoms with van der Waals surface area (Å²) in [4.78, 5) is 56.9. The Morgan fingerprint density at radius 1 is 0.788 bits per heavy atom. The molecule has 5 rings (SSSR count). The number of fused-ring (bicyclic) bond motifs is 2. The number of rotatable bonds is 10. The molecule has 10 heteroatoms. The SMILES string of the molecule is CCCCN1C(=O)C(C)(C)Oc2cc(C)c(C(=O)N(C(C)C)C3CCCCC3)cc21.CCCCN1C(=O)C(C)(C)Oc2cc(C)c(C(=O)OC)cc21. The summed E-state index contributed by atoms with van der Waals surface area (Å²) in [5.74, 6) is 0.856. The predicted octanol–water partition coefficient (Wildman–Crippen LogP) is 8.57. The van der Waals surface area contributed by atoms with Crippen molar-refractivity contribution in [2.75, 3.05) is 30.0 Å². The van der Waals surface area contributed by atoms with Crippen molar-refractivity contribution >= 4 is 35.1 Å². The molecule has 3 aliphatic rings. The van der Waals surface area contributed by atoms with Gasteiger partial charge in [-0.1, -0.05) is 46.0 Å². The van der Waals surface area contributed by atoms with Crippen LogP contribution in [0.4, 0.5) is 11.4 Å². The van der Waals surface area contributed by atoms with E-state index in [1.165, 1.54) is 26.4 Å². The highest BCUT2D eigenvalue weighted by Crippen LogP contribution is 2.42. The number of methoxy groups -OCH3 is 1. The van der Waals surface area contributed by atoms with Crippen molar-refractivity contribution in [3.05, 3.63) is 46.5 Å². The van der Waals surface area contributed by atoms with Gasteiger partial charge in [0.15, 0.2) is 11.2 Å². The van der Waals surface area contributed by atoms with Gasteiger partial charge in [0.2, 0.25) is 0 Å². The summed E-state index contributed by atoms with van der Waals surface area (Å²) in [5, 5.41) is 0. The van der Waals surface area contributed by atoms with Gasteiger partial charge in [-0.05, 0) is 116 Å². The highest BCUT2D eigenvalue weighted by Gasteiger charge is 2.43. The summed E-state index contributed by atoms with van der Waals surface area (Å²) in [6.07, 6.45) is 9.58. The Labute approximate surface area is 311 Å². The average Bonchev–Trinajstić information content (AvgIpc) is 3.08. The van der Waals surface area contributed by atoms with Crippen LogP contribution in [0.1, 0.15) is 145 Å². The summed E-state index contributed by atoms with van der Waals surface area (Å²) in [7, 11) is 1.35. The first-order chi connectivity index (χ1) is 24.5. The molecule has 2 heterocycles. The van der Waals surface area contributed by atoms with Crippen molar-refractivity contribution in [2.45, 2.75) is 150 Å². The fourth-order valence-electron chi connectivity index (χ4n) is 7.39. The Balaban J connectivity index is 0.000000244. The van der Waals surface area contributed by atoms with E-state index in [1.54, 1.807) is 30.9 Å². The van der Waals surface area contributed by atoms with Crippen LogP contribution < -0.4 is 19.3 Å². The van der Waals surface area contributed by atoms with Crippen molar-refractivity contribution < 1.29 is 33.4 Å². The minimum absolute atomic E-state index is 0.0429. The lowest BCUT2D eigenvalue weighted by molar-refractivity contribution is -0.133. The summed E-state index contributed by atoms with van der Waals surface area (Å²) in [6, 6.07) is 7.77. The number of anilines is 2. The summed E-state index contributed by atoms with van der Waals surface area (Å²) in [5.41, 5.74) is 2.39. The van der Waals surface area contributed by atoms with E-state index in [4.69, 9.17) is 14.2 Å². The van der Waals surface area contributed by atoms with Gasteiger partial charge in [-0.2, -0.15) is 0 Å². The maximum atomic E-state index is 13.7. The van der Waals surface area contributed by atoms with Crippen LogP contribution in [0.5, 0.6) is 11.5 Å². The van der Waals surface area contributed by atoms with Crippen molar-refractivity contribution in [3.8, 4) is 11.5 Å². The van der Waals surface area contributed by atoms with E-state index in [-0.39, 0.29) is 23.8 Å². The first kappa shape index (κ1) is 40.7. The topological polar surface area (TPSA) is 106 Å². The van der Waals surface area contributed by atoms with Crippen molar-refractivity contribution in [2.24, 2.45) is 0 Å². The zero-order valence-electron chi connectivity index (χ0n) is 33.4. The number of nitrogens with zero attached hydrogens (tertiary/aromatic N) is 3. The number of hydrogen-bond acceptors (Lipinski definition) is 7. The lowest BCUT2D eigenvalue weighted by Gasteiger charge is -2.40. The second kappa shape index (κ2) is 16.7. The number of ether oxygens (including phenoxy) is 3. The van der Waals surface area contributed by atoms with E-state index >= 15 is 0 Å². The fraction of sp³-hybridized carbons (Fsp3) is 0.619. The Morgan fingerprint density at radius 3 is 1.65 bits per heavy atom. The van der Waals surface area contributed by atoms with Gasteiger partial charge >= 0.3 is 5.97 Å². The van der Waals surface area contributed by atoms with Crippen molar-refractivity contribution in [1.82, 2.24) is 4.90 Å². The largest absolute Gasteiger partial charge is 0.476 e. The van der Waals surface area contributed by atoms with E-state index < -0.39 is 17.2 Å². The number of esters is 1. The number of unbranched alkanes of at least 4 members (excludes halogenated alkanes) is 2. The van der Waals surface area contributed by atoms with Crippen LogP contribution in [0, 0.1) is 13.8 Å². The second-order valence-electron chi connectivity index (χ2n) is 15.7. The van der Waals surface area contributed by atoms with E-state index in [9.17, 15) is 19.2 Å². The third-order valence-corrected chi connectivity index (χ3v) is 10.3.